The fourth-order valence-electron chi connectivity index (χ4n) is 2.73. The second-order valence-corrected chi connectivity index (χ2v) is 8.03. The van der Waals surface area contributed by atoms with Gasteiger partial charge in [-0.15, -0.1) is 0 Å². The topological polar surface area (TPSA) is 67.9 Å². The van der Waals surface area contributed by atoms with Gasteiger partial charge in [-0.3, -0.25) is 9.69 Å². The lowest BCUT2D eigenvalue weighted by molar-refractivity contribution is -0.130. The summed E-state index contributed by atoms with van der Waals surface area (Å²) in [4.78, 5) is 25.2. The zero-order valence-electron chi connectivity index (χ0n) is 14.3. The van der Waals surface area contributed by atoms with Crippen molar-refractivity contribution in [3.05, 3.63) is 22.7 Å². The van der Waals surface area contributed by atoms with Gasteiger partial charge < -0.3 is 14.8 Å². The summed E-state index contributed by atoms with van der Waals surface area (Å²) in [7, 11) is 0. The van der Waals surface area contributed by atoms with Crippen molar-refractivity contribution in [2.75, 3.05) is 25.5 Å². The molecular formula is C17H21ClN2O4S. The monoisotopic (exact) mass is 384 g/mol. The minimum absolute atomic E-state index is 0.184. The Labute approximate surface area is 156 Å². The van der Waals surface area contributed by atoms with E-state index in [1.165, 1.54) is 4.90 Å². The standard InChI is InChI=1S/C17H21ClN2O4S/c1-17(2)15(21)20(16(22)19-17)4-7-25-10-11-8-12(18)14-13(9-11)23-5-3-6-24-14/h8-9H,3-7,10H2,1-2H3,(H,19,22). The summed E-state index contributed by atoms with van der Waals surface area (Å²) in [6, 6.07) is 3.49. The highest BCUT2D eigenvalue weighted by Crippen LogP contribution is 2.38. The van der Waals surface area contributed by atoms with E-state index in [-0.39, 0.29) is 11.9 Å². The van der Waals surface area contributed by atoms with Gasteiger partial charge in [-0.25, -0.2) is 4.79 Å². The summed E-state index contributed by atoms with van der Waals surface area (Å²) < 4.78 is 11.3. The first kappa shape index (κ1) is 18.2. The highest BCUT2D eigenvalue weighted by molar-refractivity contribution is 7.98. The van der Waals surface area contributed by atoms with Crippen LogP contribution >= 0.6 is 23.4 Å². The smallest absolute Gasteiger partial charge is 0.325 e. The Kier molecular flexibility index (Phi) is 5.34. The number of nitrogens with zero attached hydrogens (tertiary/aromatic N) is 1. The van der Waals surface area contributed by atoms with Crippen LogP contribution in [0, 0.1) is 0 Å². The molecule has 1 aromatic carbocycles. The molecule has 0 unspecified atom stereocenters. The third-order valence-electron chi connectivity index (χ3n) is 4.03. The lowest BCUT2D eigenvalue weighted by Crippen LogP contribution is -2.40. The Bertz CT molecular complexity index is 695. The first-order chi connectivity index (χ1) is 11.9. The van der Waals surface area contributed by atoms with Gasteiger partial charge in [0.1, 0.15) is 5.54 Å². The van der Waals surface area contributed by atoms with E-state index >= 15 is 0 Å². The van der Waals surface area contributed by atoms with E-state index in [4.69, 9.17) is 21.1 Å². The molecule has 136 valence electrons. The Balaban J connectivity index is 1.55. The molecule has 3 amide bonds. The Hall–Kier alpha value is -1.60. The van der Waals surface area contributed by atoms with Crippen LogP contribution in [0.2, 0.25) is 5.02 Å². The summed E-state index contributed by atoms with van der Waals surface area (Å²) in [5, 5.41) is 3.23. The van der Waals surface area contributed by atoms with Gasteiger partial charge in [-0.1, -0.05) is 11.6 Å². The first-order valence-corrected chi connectivity index (χ1v) is 9.71. The molecule has 6 nitrogen and oxygen atoms in total. The minimum Gasteiger partial charge on any atom is -0.489 e. The average molecular weight is 385 g/mol. The summed E-state index contributed by atoms with van der Waals surface area (Å²) in [6.07, 6.45) is 0.831. The van der Waals surface area contributed by atoms with Crippen LogP contribution in [0.5, 0.6) is 11.5 Å². The molecule has 2 aliphatic heterocycles. The van der Waals surface area contributed by atoms with Gasteiger partial charge in [-0.2, -0.15) is 11.8 Å². The zero-order valence-corrected chi connectivity index (χ0v) is 15.8. The predicted molar refractivity (Wildman–Crippen MR) is 97.5 cm³/mol. The van der Waals surface area contributed by atoms with Gasteiger partial charge in [0.2, 0.25) is 0 Å². The van der Waals surface area contributed by atoms with E-state index in [2.05, 4.69) is 5.32 Å². The van der Waals surface area contributed by atoms with Crippen LogP contribution in [0.1, 0.15) is 25.8 Å². The van der Waals surface area contributed by atoms with Crippen LogP contribution < -0.4 is 14.8 Å². The molecule has 2 heterocycles. The molecule has 1 aromatic rings. The van der Waals surface area contributed by atoms with E-state index in [1.54, 1.807) is 25.6 Å². The molecule has 0 aromatic heterocycles. The molecule has 0 bridgehead atoms. The SMILES string of the molecule is CC1(C)NC(=O)N(CCSCc2cc(Cl)c3c(c2)OCCCO3)C1=O. The average Bonchev–Trinajstić information content (AvgIpc) is 2.73. The third-order valence-corrected chi connectivity index (χ3v) is 5.32. The maximum Gasteiger partial charge on any atom is 0.325 e. The minimum atomic E-state index is -0.816. The second kappa shape index (κ2) is 7.33. The van der Waals surface area contributed by atoms with Gasteiger partial charge >= 0.3 is 6.03 Å². The lowest BCUT2D eigenvalue weighted by Gasteiger charge is -2.16. The van der Waals surface area contributed by atoms with Gasteiger partial charge in [0, 0.05) is 24.5 Å². The number of imide groups is 1. The van der Waals surface area contributed by atoms with Crippen LogP contribution in [-0.4, -0.2) is 47.9 Å². The van der Waals surface area contributed by atoms with Gasteiger partial charge in [0.25, 0.3) is 5.91 Å². The largest absolute Gasteiger partial charge is 0.489 e. The predicted octanol–water partition coefficient (Wildman–Crippen LogP) is 3.06. The molecule has 3 rings (SSSR count). The van der Waals surface area contributed by atoms with Crippen molar-refractivity contribution in [1.29, 1.82) is 0 Å². The summed E-state index contributed by atoms with van der Waals surface area (Å²) >= 11 is 7.92. The number of thioether (sulfide) groups is 1. The van der Waals surface area contributed by atoms with Crippen molar-refractivity contribution in [3.63, 3.8) is 0 Å². The number of hydrogen-bond acceptors (Lipinski definition) is 5. The number of nitrogens with one attached hydrogen (secondary N) is 1. The normalized spacial score (nSPS) is 18.9. The van der Waals surface area contributed by atoms with Crippen LogP contribution in [0.3, 0.4) is 0 Å². The van der Waals surface area contributed by atoms with E-state index in [0.29, 0.717) is 47.8 Å². The molecule has 1 fully saturated rings. The summed E-state index contributed by atoms with van der Waals surface area (Å²) in [6.45, 7) is 5.02. The number of carbonyl (C=O) groups is 2. The Morgan fingerprint density at radius 1 is 1.28 bits per heavy atom. The van der Waals surface area contributed by atoms with E-state index in [9.17, 15) is 9.59 Å². The fourth-order valence-corrected chi connectivity index (χ4v) is 3.88. The number of ether oxygens (including phenoxy) is 2. The number of urea groups is 1. The third kappa shape index (κ3) is 3.98. The molecular weight excluding hydrogens is 364 g/mol. The molecule has 0 spiro atoms. The summed E-state index contributed by atoms with van der Waals surface area (Å²) in [5.41, 5.74) is 0.209. The first-order valence-electron chi connectivity index (χ1n) is 8.18. The Morgan fingerprint density at radius 3 is 2.76 bits per heavy atom. The fraction of sp³-hybridized carbons (Fsp3) is 0.529. The highest BCUT2D eigenvalue weighted by atomic mass is 35.5. The number of rotatable bonds is 5. The molecule has 1 saturated heterocycles. The summed E-state index contributed by atoms with van der Waals surface area (Å²) in [5.74, 6) is 2.47. The maximum absolute atomic E-state index is 12.1. The van der Waals surface area contributed by atoms with Crippen LogP contribution in [0.4, 0.5) is 4.79 Å². The number of carbonyl (C=O) groups excluding carboxylic acids is 2. The van der Waals surface area contributed by atoms with Crippen molar-refractivity contribution in [3.8, 4) is 11.5 Å². The number of halogens is 1. The Morgan fingerprint density at radius 2 is 2.04 bits per heavy atom. The molecule has 0 saturated carbocycles. The van der Waals surface area contributed by atoms with Crippen LogP contribution in [0.25, 0.3) is 0 Å². The van der Waals surface area contributed by atoms with E-state index < -0.39 is 5.54 Å². The molecule has 8 heteroatoms. The zero-order chi connectivity index (χ0) is 18.0. The van der Waals surface area contributed by atoms with Crippen LogP contribution in [-0.2, 0) is 10.5 Å². The van der Waals surface area contributed by atoms with E-state index in [1.807, 2.05) is 12.1 Å². The lowest BCUT2D eigenvalue weighted by atomic mass is 10.1. The molecule has 0 radical (unpaired) electrons. The number of hydrogen-bond donors (Lipinski definition) is 1. The molecule has 2 aliphatic rings. The number of fused-ring (bicyclic) bond motifs is 1. The quantitative estimate of drug-likeness (QED) is 0.624. The van der Waals surface area contributed by atoms with E-state index in [0.717, 1.165) is 12.0 Å². The number of amides is 3. The van der Waals surface area contributed by atoms with Crippen molar-refractivity contribution in [2.45, 2.75) is 31.6 Å². The van der Waals surface area contributed by atoms with Crippen molar-refractivity contribution < 1.29 is 19.1 Å². The van der Waals surface area contributed by atoms with Crippen molar-refractivity contribution >= 4 is 35.3 Å². The van der Waals surface area contributed by atoms with Crippen molar-refractivity contribution in [2.24, 2.45) is 0 Å². The van der Waals surface area contributed by atoms with Crippen LogP contribution in [0.15, 0.2) is 12.1 Å². The molecule has 0 aliphatic carbocycles. The maximum atomic E-state index is 12.1. The van der Waals surface area contributed by atoms with Crippen molar-refractivity contribution in [1.82, 2.24) is 10.2 Å². The van der Waals surface area contributed by atoms with Gasteiger partial charge in [-0.05, 0) is 31.5 Å². The van der Waals surface area contributed by atoms with Gasteiger partial charge in [0.15, 0.2) is 11.5 Å². The molecule has 0 atom stereocenters. The van der Waals surface area contributed by atoms with Gasteiger partial charge in [0.05, 0.1) is 18.2 Å². The number of benzene rings is 1. The highest BCUT2D eigenvalue weighted by Gasteiger charge is 2.43. The second-order valence-electron chi connectivity index (χ2n) is 6.52. The molecule has 1 N–H and O–H groups in total. The molecule has 25 heavy (non-hydrogen) atoms.